The first kappa shape index (κ1) is 20.8. The predicted octanol–water partition coefficient (Wildman–Crippen LogP) is 4.71. The van der Waals surface area contributed by atoms with Gasteiger partial charge < -0.3 is 14.8 Å². The van der Waals surface area contributed by atoms with Crippen molar-refractivity contribution in [3.63, 3.8) is 0 Å². The fourth-order valence-corrected chi connectivity index (χ4v) is 2.78. The summed E-state index contributed by atoms with van der Waals surface area (Å²) in [7, 11) is 1.35. The molecule has 0 saturated carbocycles. The minimum Gasteiger partial charge on any atom is -0.494 e. The molecule has 0 aromatic heterocycles. The quantitative estimate of drug-likeness (QED) is 0.329. The van der Waals surface area contributed by atoms with E-state index in [2.05, 4.69) is 5.32 Å². The van der Waals surface area contributed by atoms with Gasteiger partial charge >= 0.3 is 5.97 Å². The van der Waals surface area contributed by atoms with E-state index >= 15 is 0 Å². The monoisotopic (exact) mass is 410 g/mol. The molecule has 30 heavy (non-hydrogen) atoms. The van der Waals surface area contributed by atoms with Crippen molar-refractivity contribution in [3.05, 3.63) is 99.4 Å². The summed E-state index contributed by atoms with van der Waals surface area (Å²) >= 11 is 0. The summed E-state index contributed by atoms with van der Waals surface area (Å²) in [6.07, 6.45) is 0. The Kier molecular flexibility index (Phi) is 6.59. The van der Waals surface area contributed by atoms with E-state index in [1.807, 2.05) is 30.3 Å². The summed E-state index contributed by atoms with van der Waals surface area (Å²) in [6, 6.07) is 17.7. The van der Waals surface area contributed by atoms with Gasteiger partial charge in [-0.15, -0.1) is 0 Å². The van der Waals surface area contributed by atoms with E-state index in [1.165, 1.54) is 31.4 Å². The molecule has 0 amide bonds. The van der Waals surface area contributed by atoms with Crippen molar-refractivity contribution >= 4 is 17.3 Å². The fraction of sp³-hybridized carbons (Fsp3) is 0.136. The molecule has 0 atom stereocenters. The van der Waals surface area contributed by atoms with Crippen LogP contribution in [0.25, 0.3) is 0 Å². The summed E-state index contributed by atoms with van der Waals surface area (Å²) in [5, 5.41) is 14.4. The lowest BCUT2D eigenvalue weighted by atomic mass is 10.1. The molecule has 0 bridgehead atoms. The number of hydrogen-bond acceptors (Lipinski definition) is 6. The Morgan fingerprint density at radius 3 is 2.50 bits per heavy atom. The van der Waals surface area contributed by atoms with E-state index in [9.17, 15) is 19.3 Å². The third-order valence-electron chi connectivity index (χ3n) is 4.34. The first-order valence-corrected chi connectivity index (χ1v) is 9.03. The third kappa shape index (κ3) is 5.11. The van der Waals surface area contributed by atoms with Gasteiger partial charge in [0.2, 0.25) is 0 Å². The van der Waals surface area contributed by atoms with Gasteiger partial charge in [0.15, 0.2) is 11.6 Å². The van der Waals surface area contributed by atoms with Gasteiger partial charge in [-0.3, -0.25) is 10.1 Å². The van der Waals surface area contributed by atoms with Crippen molar-refractivity contribution < 1.29 is 23.6 Å². The van der Waals surface area contributed by atoms with Crippen LogP contribution < -0.4 is 10.1 Å². The van der Waals surface area contributed by atoms with E-state index in [0.29, 0.717) is 12.1 Å². The standard InChI is InChI=1S/C22H19FN2O5/c1-29-21-10-7-16(11-18(21)23)14-30-22(26)17-8-9-19(20(12-17)25(27)28)24-13-15-5-3-2-4-6-15/h2-12,24H,13-14H2,1H3. The van der Waals surface area contributed by atoms with E-state index in [4.69, 9.17) is 9.47 Å². The number of esters is 1. The highest BCUT2D eigenvalue weighted by molar-refractivity contribution is 5.91. The number of benzene rings is 3. The van der Waals surface area contributed by atoms with Crippen molar-refractivity contribution in [2.75, 3.05) is 12.4 Å². The number of nitrogens with one attached hydrogen (secondary N) is 1. The number of nitro benzene ring substituents is 1. The average Bonchev–Trinajstić information content (AvgIpc) is 2.76. The largest absolute Gasteiger partial charge is 0.494 e. The van der Waals surface area contributed by atoms with Crippen molar-refractivity contribution in [2.24, 2.45) is 0 Å². The van der Waals surface area contributed by atoms with Gasteiger partial charge in [-0.25, -0.2) is 9.18 Å². The fourth-order valence-electron chi connectivity index (χ4n) is 2.78. The van der Waals surface area contributed by atoms with Crippen LogP contribution in [0.1, 0.15) is 21.5 Å². The van der Waals surface area contributed by atoms with Gasteiger partial charge in [0.25, 0.3) is 5.69 Å². The number of anilines is 1. The number of nitro groups is 1. The minimum absolute atomic E-state index is 0.0287. The zero-order valence-corrected chi connectivity index (χ0v) is 16.1. The lowest BCUT2D eigenvalue weighted by Crippen LogP contribution is -2.08. The van der Waals surface area contributed by atoms with Gasteiger partial charge in [-0.2, -0.15) is 0 Å². The maximum absolute atomic E-state index is 13.7. The Bertz CT molecular complexity index is 1060. The van der Waals surface area contributed by atoms with E-state index in [0.717, 1.165) is 11.6 Å². The Hall–Kier alpha value is -3.94. The number of hydrogen-bond donors (Lipinski definition) is 1. The first-order chi connectivity index (χ1) is 14.5. The molecule has 0 aliphatic rings. The van der Waals surface area contributed by atoms with Crippen LogP contribution >= 0.6 is 0 Å². The Labute approximate surface area is 172 Å². The second kappa shape index (κ2) is 9.51. The smallest absolute Gasteiger partial charge is 0.338 e. The maximum Gasteiger partial charge on any atom is 0.338 e. The number of carbonyl (C=O) groups excluding carboxylic acids is 1. The first-order valence-electron chi connectivity index (χ1n) is 9.03. The third-order valence-corrected chi connectivity index (χ3v) is 4.34. The summed E-state index contributed by atoms with van der Waals surface area (Å²) in [4.78, 5) is 23.2. The van der Waals surface area contributed by atoms with Crippen LogP contribution in [0.3, 0.4) is 0 Å². The van der Waals surface area contributed by atoms with E-state index in [1.54, 1.807) is 6.07 Å². The lowest BCUT2D eigenvalue weighted by molar-refractivity contribution is -0.384. The van der Waals surface area contributed by atoms with Crippen molar-refractivity contribution in [3.8, 4) is 5.75 Å². The van der Waals surface area contributed by atoms with Crippen LogP contribution in [0.2, 0.25) is 0 Å². The van der Waals surface area contributed by atoms with Gasteiger partial charge in [-0.1, -0.05) is 36.4 Å². The highest BCUT2D eigenvalue weighted by Gasteiger charge is 2.18. The van der Waals surface area contributed by atoms with Gasteiger partial charge in [-0.05, 0) is 35.4 Å². The molecule has 8 heteroatoms. The summed E-state index contributed by atoms with van der Waals surface area (Å²) < 4.78 is 23.7. The van der Waals surface area contributed by atoms with E-state index in [-0.39, 0.29) is 29.3 Å². The van der Waals surface area contributed by atoms with Crippen molar-refractivity contribution in [1.29, 1.82) is 0 Å². The summed E-state index contributed by atoms with van der Waals surface area (Å²) in [5.41, 5.74) is 1.47. The second-order valence-electron chi connectivity index (χ2n) is 6.37. The molecule has 0 radical (unpaired) electrons. The molecule has 0 saturated heterocycles. The Balaban J connectivity index is 1.69. The van der Waals surface area contributed by atoms with Crippen LogP contribution in [0.15, 0.2) is 66.7 Å². The zero-order chi connectivity index (χ0) is 21.5. The molecule has 3 aromatic rings. The molecule has 0 heterocycles. The predicted molar refractivity (Wildman–Crippen MR) is 109 cm³/mol. The molecule has 0 spiro atoms. The number of ether oxygens (including phenoxy) is 2. The molecule has 0 fully saturated rings. The van der Waals surface area contributed by atoms with Crippen LogP contribution in [0.4, 0.5) is 15.8 Å². The maximum atomic E-state index is 13.7. The number of carbonyl (C=O) groups is 1. The molecule has 3 aromatic carbocycles. The SMILES string of the molecule is COc1ccc(COC(=O)c2ccc(NCc3ccccc3)c([N+](=O)[O-])c2)cc1F. The highest BCUT2D eigenvalue weighted by Crippen LogP contribution is 2.27. The topological polar surface area (TPSA) is 90.7 Å². The number of halogens is 1. The Morgan fingerprint density at radius 1 is 1.07 bits per heavy atom. The van der Waals surface area contributed by atoms with Crippen molar-refractivity contribution in [1.82, 2.24) is 0 Å². The molecule has 0 aliphatic heterocycles. The zero-order valence-electron chi connectivity index (χ0n) is 16.1. The molecular formula is C22H19FN2O5. The molecule has 3 rings (SSSR count). The molecule has 7 nitrogen and oxygen atoms in total. The molecule has 0 aliphatic carbocycles. The van der Waals surface area contributed by atoms with Crippen LogP contribution in [-0.4, -0.2) is 18.0 Å². The van der Waals surface area contributed by atoms with Crippen LogP contribution in [-0.2, 0) is 17.9 Å². The number of nitrogens with zero attached hydrogens (tertiary/aromatic N) is 1. The summed E-state index contributed by atoms with van der Waals surface area (Å²) in [6.45, 7) is 0.218. The normalized spacial score (nSPS) is 10.3. The molecular weight excluding hydrogens is 391 g/mol. The molecule has 0 unspecified atom stereocenters. The van der Waals surface area contributed by atoms with Crippen LogP contribution in [0.5, 0.6) is 5.75 Å². The number of methoxy groups -OCH3 is 1. The Morgan fingerprint density at radius 2 is 1.83 bits per heavy atom. The minimum atomic E-state index is -0.746. The van der Waals surface area contributed by atoms with Crippen LogP contribution in [0, 0.1) is 15.9 Å². The molecule has 154 valence electrons. The molecule has 1 N–H and O–H groups in total. The summed E-state index contributed by atoms with van der Waals surface area (Å²) in [5.74, 6) is -1.24. The van der Waals surface area contributed by atoms with E-state index < -0.39 is 16.7 Å². The van der Waals surface area contributed by atoms with Gasteiger partial charge in [0.05, 0.1) is 17.6 Å². The van der Waals surface area contributed by atoms with Gasteiger partial charge in [0, 0.05) is 12.6 Å². The lowest BCUT2D eigenvalue weighted by Gasteiger charge is -2.10. The average molecular weight is 410 g/mol. The highest BCUT2D eigenvalue weighted by atomic mass is 19.1. The van der Waals surface area contributed by atoms with Crippen molar-refractivity contribution in [2.45, 2.75) is 13.2 Å². The number of rotatable bonds is 8. The second-order valence-corrected chi connectivity index (χ2v) is 6.37. The van der Waals surface area contributed by atoms with Gasteiger partial charge in [0.1, 0.15) is 12.3 Å².